The predicted octanol–water partition coefficient (Wildman–Crippen LogP) is 2.70. The minimum absolute atomic E-state index is 0.291. The largest absolute Gasteiger partial charge is 0.462 e. The molecule has 0 saturated carbocycles. The molecular formula is C23H26N4O3. The summed E-state index contributed by atoms with van der Waals surface area (Å²) in [5, 5.41) is 8.09. The first-order chi connectivity index (χ1) is 14.8. The zero-order valence-corrected chi connectivity index (χ0v) is 17.1. The Morgan fingerprint density at radius 2 is 1.97 bits per heavy atom. The third-order valence-electron chi connectivity index (χ3n) is 5.93. The van der Waals surface area contributed by atoms with Crippen LogP contribution in [0.4, 0.5) is 5.69 Å². The highest BCUT2D eigenvalue weighted by atomic mass is 16.5. The summed E-state index contributed by atoms with van der Waals surface area (Å²) < 4.78 is 12.7. The molecule has 2 saturated heterocycles. The van der Waals surface area contributed by atoms with E-state index in [-0.39, 0.29) is 5.97 Å². The normalized spacial score (nSPS) is 17.2. The number of carbonyl (C=O) groups excluding carboxylic acids is 1. The molecule has 0 atom stereocenters. The number of carbonyl (C=O) groups is 1. The number of fused-ring (bicyclic) bond motifs is 1. The lowest BCUT2D eigenvalue weighted by Crippen LogP contribution is -2.39. The summed E-state index contributed by atoms with van der Waals surface area (Å²) in [4.78, 5) is 14.4. The van der Waals surface area contributed by atoms with Crippen LogP contribution in [0, 0.1) is 0 Å². The topological polar surface area (TPSA) is 68.1 Å². The Balaban J connectivity index is 1.60. The van der Waals surface area contributed by atoms with Gasteiger partial charge in [-0.2, -0.15) is 5.10 Å². The van der Waals surface area contributed by atoms with Crippen molar-refractivity contribution >= 4 is 17.2 Å². The average molecular weight is 406 g/mol. The third kappa shape index (κ3) is 3.34. The van der Waals surface area contributed by atoms with E-state index in [9.17, 15) is 4.79 Å². The van der Waals surface area contributed by atoms with E-state index in [4.69, 9.17) is 14.6 Å². The lowest BCUT2D eigenvalue weighted by molar-refractivity contribution is 0.0526. The Hall–Kier alpha value is -2.90. The van der Waals surface area contributed by atoms with E-state index in [1.165, 1.54) is 11.3 Å². The van der Waals surface area contributed by atoms with Gasteiger partial charge in [0, 0.05) is 43.9 Å². The van der Waals surface area contributed by atoms with Gasteiger partial charge in [-0.3, -0.25) is 0 Å². The summed E-state index contributed by atoms with van der Waals surface area (Å²) >= 11 is 0. The van der Waals surface area contributed by atoms with E-state index in [1.807, 2.05) is 37.4 Å². The van der Waals surface area contributed by atoms with Crippen molar-refractivity contribution < 1.29 is 14.3 Å². The van der Waals surface area contributed by atoms with Crippen molar-refractivity contribution in [3.05, 3.63) is 53.7 Å². The molecule has 0 unspecified atom stereocenters. The summed E-state index contributed by atoms with van der Waals surface area (Å²) in [6, 6.07) is 12.0. The monoisotopic (exact) mass is 406 g/mol. The SMILES string of the molecule is CCOC(=O)c1ccc(-c2c(C3CNC3)cc3c(N4CCOCC4)ccnn23)cc1. The van der Waals surface area contributed by atoms with Gasteiger partial charge in [0.2, 0.25) is 0 Å². The highest BCUT2D eigenvalue weighted by Crippen LogP contribution is 2.37. The maximum Gasteiger partial charge on any atom is 0.338 e. The zero-order chi connectivity index (χ0) is 20.5. The van der Waals surface area contributed by atoms with Gasteiger partial charge in [-0.15, -0.1) is 0 Å². The van der Waals surface area contributed by atoms with Crippen LogP contribution < -0.4 is 10.2 Å². The van der Waals surface area contributed by atoms with Gasteiger partial charge >= 0.3 is 5.97 Å². The fourth-order valence-electron chi connectivity index (χ4n) is 4.24. The summed E-state index contributed by atoms with van der Waals surface area (Å²) in [5.41, 5.74) is 6.32. The molecule has 5 rings (SSSR count). The second-order valence-electron chi connectivity index (χ2n) is 7.71. The highest BCUT2D eigenvalue weighted by Gasteiger charge is 2.27. The molecule has 2 fully saturated rings. The van der Waals surface area contributed by atoms with Crippen LogP contribution in [0.5, 0.6) is 0 Å². The number of nitrogens with one attached hydrogen (secondary N) is 1. The predicted molar refractivity (Wildman–Crippen MR) is 115 cm³/mol. The number of benzene rings is 1. The van der Waals surface area contributed by atoms with Gasteiger partial charge in [0.05, 0.1) is 42.3 Å². The molecule has 2 aliphatic rings. The van der Waals surface area contributed by atoms with Gasteiger partial charge in [0.25, 0.3) is 0 Å². The smallest absolute Gasteiger partial charge is 0.338 e. The summed E-state index contributed by atoms with van der Waals surface area (Å²) in [5.74, 6) is 0.171. The Kier molecular flexibility index (Phi) is 5.14. The van der Waals surface area contributed by atoms with Gasteiger partial charge in [-0.25, -0.2) is 9.31 Å². The van der Waals surface area contributed by atoms with E-state index in [0.29, 0.717) is 18.1 Å². The van der Waals surface area contributed by atoms with Gasteiger partial charge in [-0.1, -0.05) is 12.1 Å². The first-order valence-electron chi connectivity index (χ1n) is 10.6. The molecule has 2 aliphatic heterocycles. The van der Waals surface area contributed by atoms with Gasteiger partial charge in [-0.05, 0) is 36.8 Å². The van der Waals surface area contributed by atoms with E-state index in [1.54, 1.807) is 0 Å². The number of esters is 1. The highest BCUT2D eigenvalue weighted by molar-refractivity contribution is 5.90. The van der Waals surface area contributed by atoms with E-state index in [2.05, 4.69) is 26.9 Å². The van der Waals surface area contributed by atoms with Crippen molar-refractivity contribution in [2.75, 3.05) is 50.9 Å². The Morgan fingerprint density at radius 1 is 1.20 bits per heavy atom. The first kappa shape index (κ1) is 19.1. The van der Waals surface area contributed by atoms with Crippen molar-refractivity contribution in [2.24, 2.45) is 0 Å². The van der Waals surface area contributed by atoms with Crippen molar-refractivity contribution in [1.82, 2.24) is 14.9 Å². The van der Waals surface area contributed by atoms with Crippen LogP contribution in [0.1, 0.15) is 28.8 Å². The number of ether oxygens (including phenoxy) is 2. The molecule has 1 N–H and O–H groups in total. The summed E-state index contributed by atoms with van der Waals surface area (Å²) in [6.07, 6.45) is 1.87. The minimum Gasteiger partial charge on any atom is -0.462 e. The molecule has 0 amide bonds. The van der Waals surface area contributed by atoms with Crippen LogP contribution in [0.2, 0.25) is 0 Å². The molecule has 7 heteroatoms. The van der Waals surface area contributed by atoms with Crippen LogP contribution in [0.25, 0.3) is 16.8 Å². The van der Waals surface area contributed by atoms with Crippen LogP contribution in [-0.4, -0.2) is 61.6 Å². The zero-order valence-electron chi connectivity index (χ0n) is 17.1. The fourth-order valence-corrected chi connectivity index (χ4v) is 4.24. The van der Waals surface area contributed by atoms with Gasteiger partial charge < -0.3 is 19.7 Å². The van der Waals surface area contributed by atoms with E-state index >= 15 is 0 Å². The lowest BCUT2D eigenvalue weighted by Gasteiger charge is -2.29. The van der Waals surface area contributed by atoms with Crippen LogP contribution in [0.15, 0.2) is 42.6 Å². The average Bonchev–Trinajstić information content (AvgIpc) is 3.12. The van der Waals surface area contributed by atoms with Crippen LogP contribution in [0.3, 0.4) is 0 Å². The van der Waals surface area contributed by atoms with E-state index < -0.39 is 0 Å². The van der Waals surface area contributed by atoms with Crippen molar-refractivity contribution in [3.8, 4) is 11.3 Å². The number of rotatable bonds is 5. The Labute approximate surface area is 175 Å². The molecule has 0 aliphatic carbocycles. The van der Waals surface area contributed by atoms with Gasteiger partial charge in [0.15, 0.2) is 0 Å². The number of aromatic nitrogens is 2. The molecule has 1 aromatic carbocycles. The van der Waals surface area contributed by atoms with Crippen molar-refractivity contribution in [1.29, 1.82) is 0 Å². The molecule has 3 aromatic rings. The van der Waals surface area contributed by atoms with Crippen LogP contribution in [-0.2, 0) is 9.47 Å². The summed E-state index contributed by atoms with van der Waals surface area (Å²) in [7, 11) is 0. The number of hydrogen-bond donors (Lipinski definition) is 1. The maximum atomic E-state index is 12.0. The molecule has 0 radical (unpaired) electrons. The molecule has 2 aromatic heterocycles. The maximum absolute atomic E-state index is 12.0. The fraction of sp³-hybridized carbons (Fsp3) is 0.391. The molecule has 7 nitrogen and oxygen atoms in total. The Bertz CT molecular complexity index is 1050. The standard InChI is InChI=1S/C23H26N4O3/c1-2-30-23(28)17-5-3-16(4-6-17)22-19(18-14-24-15-18)13-21-20(7-8-25-27(21)22)26-9-11-29-12-10-26/h3-8,13,18,24H,2,9-12,14-15H2,1H3. The molecule has 4 heterocycles. The number of hydrogen-bond acceptors (Lipinski definition) is 6. The molecule has 0 spiro atoms. The van der Waals surface area contributed by atoms with E-state index in [0.717, 1.165) is 56.2 Å². The van der Waals surface area contributed by atoms with Crippen LogP contribution >= 0.6 is 0 Å². The van der Waals surface area contributed by atoms with Crippen molar-refractivity contribution in [3.63, 3.8) is 0 Å². The van der Waals surface area contributed by atoms with Gasteiger partial charge in [0.1, 0.15) is 0 Å². The van der Waals surface area contributed by atoms with Crippen molar-refractivity contribution in [2.45, 2.75) is 12.8 Å². The second-order valence-corrected chi connectivity index (χ2v) is 7.71. The minimum atomic E-state index is -0.291. The molecule has 156 valence electrons. The number of anilines is 1. The Morgan fingerprint density at radius 3 is 2.63 bits per heavy atom. The quantitative estimate of drug-likeness (QED) is 0.657. The number of nitrogens with zero attached hydrogens (tertiary/aromatic N) is 3. The molecule has 0 bridgehead atoms. The summed E-state index contributed by atoms with van der Waals surface area (Å²) in [6.45, 7) is 7.39. The molecule has 30 heavy (non-hydrogen) atoms. The third-order valence-corrected chi connectivity index (χ3v) is 5.93. The first-order valence-corrected chi connectivity index (χ1v) is 10.6. The molecular weight excluding hydrogens is 380 g/mol. The lowest BCUT2D eigenvalue weighted by atomic mass is 9.91. The number of morpholine rings is 1. The second kappa shape index (κ2) is 8.08.